The summed E-state index contributed by atoms with van der Waals surface area (Å²) >= 11 is 10.4. The summed E-state index contributed by atoms with van der Waals surface area (Å²) in [5.41, 5.74) is -1.16. The third-order valence-corrected chi connectivity index (χ3v) is 6.09. The molecular formula is C19H23N4O7PS2-2. The molecule has 180 valence electrons. The van der Waals surface area contributed by atoms with Crippen molar-refractivity contribution >= 4 is 55.3 Å². The normalized spacial score (nSPS) is 15.1. The Morgan fingerprint density at radius 1 is 0.909 bits per heavy atom. The Bertz CT molecular complexity index is 1180. The highest BCUT2D eigenvalue weighted by molar-refractivity contribution is 7.80. The van der Waals surface area contributed by atoms with E-state index < -0.39 is 31.1 Å². The van der Waals surface area contributed by atoms with Crippen LogP contribution in [0.3, 0.4) is 0 Å². The average molecular weight is 515 g/mol. The molecule has 2 amide bonds. The fraction of sp³-hybridized carbons (Fsp3) is 0.421. The number of allylic oxidation sites excluding steroid dienone is 2. The first-order valence-electron chi connectivity index (χ1n) is 10.1. The second-order valence-electron chi connectivity index (χ2n) is 6.65. The second-order valence-corrected chi connectivity index (χ2v) is 8.46. The Balaban J connectivity index is 2.68. The molecule has 2 heterocycles. The van der Waals surface area contributed by atoms with Gasteiger partial charge in [0.15, 0.2) is 9.88 Å². The molecule has 1 aliphatic heterocycles. The maximum absolute atomic E-state index is 12.9. The Morgan fingerprint density at radius 2 is 1.42 bits per heavy atom. The van der Waals surface area contributed by atoms with E-state index >= 15 is 0 Å². The second kappa shape index (κ2) is 10.7. The van der Waals surface area contributed by atoms with Crippen LogP contribution in [0, 0.1) is 4.77 Å². The van der Waals surface area contributed by atoms with Crippen molar-refractivity contribution in [2.75, 3.05) is 13.1 Å². The number of aromatic nitrogens is 2. The van der Waals surface area contributed by atoms with Gasteiger partial charge in [0.05, 0.1) is 0 Å². The highest BCUT2D eigenvalue weighted by Gasteiger charge is 2.37. The maximum atomic E-state index is 12.9. The minimum Gasteiger partial charge on any atom is -0.780 e. The smallest absolute Gasteiger partial charge is 0.265 e. The molecule has 1 saturated heterocycles. The first-order valence-corrected chi connectivity index (χ1v) is 12.4. The van der Waals surface area contributed by atoms with Gasteiger partial charge < -0.3 is 18.9 Å². The summed E-state index contributed by atoms with van der Waals surface area (Å²) in [5.74, 6) is -1.73. The van der Waals surface area contributed by atoms with Crippen molar-refractivity contribution in [2.45, 2.75) is 40.8 Å². The number of rotatable bonds is 8. The van der Waals surface area contributed by atoms with Gasteiger partial charge in [-0.15, -0.1) is 0 Å². The molecule has 1 fully saturated rings. The van der Waals surface area contributed by atoms with Crippen molar-refractivity contribution in [1.82, 2.24) is 18.9 Å². The summed E-state index contributed by atoms with van der Waals surface area (Å²) in [6.45, 7) is 7.51. The van der Waals surface area contributed by atoms with Gasteiger partial charge in [-0.3, -0.25) is 33.3 Å². The van der Waals surface area contributed by atoms with E-state index in [0.717, 1.165) is 6.08 Å². The molecule has 0 N–H and O–H groups in total. The summed E-state index contributed by atoms with van der Waals surface area (Å²) in [4.78, 5) is 63.5. The van der Waals surface area contributed by atoms with Crippen LogP contribution in [-0.2, 0) is 27.2 Å². The summed E-state index contributed by atoms with van der Waals surface area (Å²) < 4.78 is 18.3. The van der Waals surface area contributed by atoms with E-state index in [2.05, 4.69) is 4.52 Å². The number of nitrogens with zero attached hydrogens (tertiary/aromatic N) is 4. The van der Waals surface area contributed by atoms with E-state index in [4.69, 9.17) is 24.4 Å². The van der Waals surface area contributed by atoms with Gasteiger partial charge in [0.25, 0.3) is 17.4 Å². The first-order chi connectivity index (χ1) is 15.4. The minimum atomic E-state index is -5.53. The van der Waals surface area contributed by atoms with E-state index in [1.54, 1.807) is 27.7 Å². The van der Waals surface area contributed by atoms with Gasteiger partial charge in [-0.05, 0) is 64.3 Å². The highest BCUT2D eigenvalue weighted by Crippen LogP contribution is 2.31. The van der Waals surface area contributed by atoms with E-state index in [1.165, 1.54) is 31.1 Å². The summed E-state index contributed by atoms with van der Waals surface area (Å²) in [6, 6.07) is 0. The van der Waals surface area contributed by atoms with Crippen molar-refractivity contribution in [1.29, 1.82) is 0 Å². The lowest BCUT2D eigenvalue weighted by Crippen LogP contribution is -2.55. The molecule has 1 aromatic heterocycles. The largest absolute Gasteiger partial charge is 0.780 e. The molecule has 11 nitrogen and oxygen atoms in total. The molecule has 0 saturated carbocycles. The summed E-state index contributed by atoms with van der Waals surface area (Å²) in [6.07, 6.45) is 3.59. The zero-order valence-electron chi connectivity index (χ0n) is 18.5. The Labute approximate surface area is 200 Å². The van der Waals surface area contributed by atoms with Gasteiger partial charge in [0, 0.05) is 26.2 Å². The third-order valence-electron chi connectivity index (χ3n) is 4.81. The Kier molecular flexibility index (Phi) is 8.66. The maximum Gasteiger partial charge on any atom is 0.265 e. The van der Waals surface area contributed by atoms with Gasteiger partial charge in [0.1, 0.15) is 19.0 Å². The average Bonchev–Trinajstić information content (AvgIpc) is 2.72. The molecule has 0 aromatic carbocycles. The van der Waals surface area contributed by atoms with Gasteiger partial charge in [-0.2, -0.15) is 0 Å². The lowest BCUT2D eigenvalue weighted by Gasteiger charge is -2.35. The lowest BCUT2D eigenvalue weighted by atomic mass is 10.1. The predicted molar refractivity (Wildman–Crippen MR) is 124 cm³/mol. The van der Waals surface area contributed by atoms with Crippen molar-refractivity contribution in [3.8, 4) is 5.88 Å². The minimum absolute atomic E-state index is 0.0210. The molecule has 14 heteroatoms. The Hall–Kier alpha value is -2.44. The number of thiocarbonyl (C=S) groups is 1. The summed E-state index contributed by atoms with van der Waals surface area (Å²) in [7, 11) is -5.53. The monoisotopic (exact) mass is 514 g/mol. The fourth-order valence-electron chi connectivity index (χ4n) is 3.25. The van der Waals surface area contributed by atoms with E-state index in [-0.39, 0.29) is 47.2 Å². The molecule has 0 aliphatic carbocycles. The van der Waals surface area contributed by atoms with E-state index in [0.29, 0.717) is 0 Å². The van der Waals surface area contributed by atoms with Crippen molar-refractivity contribution in [3.63, 3.8) is 0 Å². The number of amides is 2. The SMILES string of the molecule is CCN1C(=O)C(=C/C=C/c2c(OP(=O)([O-])[O-])n(CC)c(=S)n(CC)c2=O)C(=O)N(CC)C1=S. The lowest BCUT2D eigenvalue weighted by molar-refractivity contribution is -0.334. The third kappa shape index (κ3) is 5.39. The van der Waals surface area contributed by atoms with Gasteiger partial charge in [0.2, 0.25) is 5.88 Å². The number of hydrogen-bond acceptors (Lipinski definition) is 9. The number of phosphoric ester groups is 1. The molecule has 0 atom stereocenters. The zero-order chi connectivity index (χ0) is 25.1. The molecular weight excluding hydrogens is 491 g/mol. The fourth-order valence-corrected chi connectivity index (χ4v) is 4.51. The molecule has 1 aromatic rings. The zero-order valence-corrected chi connectivity index (χ0v) is 21.0. The molecule has 0 spiro atoms. The van der Waals surface area contributed by atoms with Crippen molar-refractivity contribution in [2.24, 2.45) is 0 Å². The van der Waals surface area contributed by atoms with Crippen molar-refractivity contribution < 1.29 is 28.5 Å². The van der Waals surface area contributed by atoms with Crippen LogP contribution in [0.5, 0.6) is 5.88 Å². The van der Waals surface area contributed by atoms with Crippen LogP contribution in [0.1, 0.15) is 33.3 Å². The Morgan fingerprint density at radius 3 is 1.85 bits per heavy atom. The van der Waals surface area contributed by atoms with Crippen LogP contribution in [0.2, 0.25) is 0 Å². The highest BCUT2D eigenvalue weighted by atomic mass is 32.1. The van der Waals surface area contributed by atoms with Crippen LogP contribution < -0.4 is 19.9 Å². The van der Waals surface area contributed by atoms with Crippen LogP contribution >= 0.6 is 32.3 Å². The molecule has 1 aliphatic rings. The van der Waals surface area contributed by atoms with Gasteiger partial charge in [-0.25, -0.2) is 0 Å². The quantitative estimate of drug-likeness (QED) is 0.211. The number of carbonyl (C=O) groups is 2. The van der Waals surface area contributed by atoms with Gasteiger partial charge in [-0.1, -0.05) is 6.08 Å². The molecule has 0 bridgehead atoms. The van der Waals surface area contributed by atoms with Crippen LogP contribution in [0.25, 0.3) is 6.08 Å². The van der Waals surface area contributed by atoms with Crippen LogP contribution in [0.15, 0.2) is 22.5 Å². The van der Waals surface area contributed by atoms with Crippen LogP contribution in [-0.4, -0.2) is 49.0 Å². The van der Waals surface area contributed by atoms with Crippen LogP contribution in [0.4, 0.5) is 0 Å². The topological polar surface area (TPSA) is 140 Å². The molecule has 0 unspecified atom stereocenters. The van der Waals surface area contributed by atoms with Crippen molar-refractivity contribution in [3.05, 3.63) is 38.4 Å². The number of likely N-dealkylation sites (N-methyl/N-ethyl adjacent to an activating group) is 2. The number of carbonyl (C=O) groups excluding carboxylic acids is 2. The molecule has 33 heavy (non-hydrogen) atoms. The van der Waals surface area contributed by atoms with E-state index in [1.807, 2.05) is 0 Å². The summed E-state index contributed by atoms with van der Waals surface area (Å²) in [5, 5.41) is 0.101. The number of phosphoric acid groups is 1. The predicted octanol–water partition coefficient (Wildman–Crippen LogP) is 0.562. The first kappa shape index (κ1) is 26.8. The molecule has 0 radical (unpaired) electrons. The van der Waals surface area contributed by atoms with Gasteiger partial charge >= 0.3 is 0 Å². The van der Waals surface area contributed by atoms with E-state index in [9.17, 15) is 28.7 Å². The number of hydrogen-bond donors (Lipinski definition) is 0. The standard InChI is InChI=1S/C19H25N4O7PS2/c1-5-20-14(24)12(15(25)21(6-2)18(20)32)10-9-11-13-16(26)22(7-3)19(33)23(8-4)17(13)30-31(27,28)29/h9-11H,5-8H2,1-4H3,(H2,27,28,29)/p-2/b11-9+. The molecule has 2 rings (SSSR count).